The number of carbonyl (C=O) groups is 1. The van der Waals surface area contributed by atoms with Crippen LogP contribution in [-0.2, 0) is 6.54 Å². The molecule has 0 fully saturated rings. The van der Waals surface area contributed by atoms with E-state index in [1.165, 1.54) is 6.33 Å². The lowest BCUT2D eigenvalue weighted by Gasteiger charge is -2.23. The van der Waals surface area contributed by atoms with Gasteiger partial charge in [0.05, 0.1) is 6.54 Å². The topological polar surface area (TPSA) is 58.1 Å². The number of para-hydroxylation sites is 1. The van der Waals surface area contributed by atoms with Gasteiger partial charge in [0.25, 0.3) is 5.91 Å². The van der Waals surface area contributed by atoms with Crippen molar-refractivity contribution in [1.29, 1.82) is 0 Å². The molecule has 5 heteroatoms. The fourth-order valence-electron chi connectivity index (χ4n) is 2.62. The molecule has 26 heavy (non-hydrogen) atoms. The minimum Gasteiger partial charge on any atom is -0.370 e. The highest BCUT2D eigenvalue weighted by Crippen LogP contribution is 2.20. The predicted octanol–water partition coefficient (Wildman–Crippen LogP) is 4.15. The summed E-state index contributed by atoms with van der Waals surface area (Å²) in [4.78, 5) is 23.3. The predicted molar refractivity (Wildman–Crippen MR) is 104 cm³/mol. The number of hydrogen-bond donors (Lipinski definition) is 1. The Morgan fingerprint density at radius 1 is 1.00 bits per heavy atom. The number of amides is 1. The van der Waals surface area contributed by atoms with Crippen molar-refractivity contribution in [1.82, 2.24) is 9.97 Å². The number of hydrogen-bond acceptors (Lipinski definition) is 4. The van der Waals surface area contributed by atoms with Crippen LogP contribution < -0.4 is 10.2 Å². The van der Waals surface area contributed by atoms with Crippen LogP contribution in [0, 0.1) is 0 Å². The fraction of sp³-hybridized carbons (Fsp3) is 0.190. The maximum atomic E-state index is 13.2. The van der Waals surface area contributed by atoms with Gasteiger partial charge in [0, 0.05) is 18.3 Å². The first-order valence-corrected chi connectivity index (χ1v) is 8.74. The number of anilines is 2. The summed E-state index contributed by atoms with van der Waals surface area (Å²) in [6, 6.07) is 21.3. The molecule has 5 nitrogen and oxygen atoms in total. The van der Waals surface area contributed by atoms with Gasteiger partial charge in [-0.3, -0.25) is 4.79 Å². The minimum atomic E-state index is -0.151. The molecule has 0 spiro atoms. The van der Waals surface area contributed by atoms with Gasteiger partial charge >= 0.3 is 0 Å². The Bertz CT molecular complexity index is 837. The van der Waals surface area contributed by atoms with Crippen LogP contribution in [-0.4, -0.2) is 22.4 Å². The maximum absolute atomic E-state index is 13.2. The molecule has 3 rings (SSSR count). The Balaban J connectivity index is 1.90. The van der Waals surface area contributed by atoms with E-state index in [0.717, 1.165) is 24.2 Å². The van der Waals surface area contributed by atoms with E-state index in [1.54, 1.807) is 11.0 Å². The number of carbonyl (C=O) groups excluding carboxylic acids is 1. The largest absolute Gasteiger partial charge is 0.370 e. The average Bonchev–Trinajstić information content (AvgIpc) is 2.71. The molecule has 0 aliphatic rings. The molecule has 1 aromatic heterocycles. The maximum Gasteiger partial charge on any atom is 0.277 e. The van der Waals surface area contributed by atoms with Crippen LogP contribution in [0.4, 0.5) is 11.5 Å². The van der Waals surface area contributed by atoms with Crippen molar-refractivity contribution >= 4 is 17.4 Å². The third kappa shape index (κ3) is 4.45. The quantitative estimate of drug-likeness (QED) is 0.698. The lowest BCUT2D eigenvalue weighted by molar-refractivity contribution is 0.0980. The first kappa shape index (κ1) is 17.6. The summed E-state index contributed by atoms with van der Waals surface area (Å²) in [5.41, 5.74) is 2.27. The van der Waals surface area contributed by atoms with Crippen LogP contribution >= 0.6 is 0 Å². The Kier molecular flexibility index (Phi) is 5.93. The van der Waals surface area contributed by atoms with Crippen LogP contribution in [0.1, 0.15) is 29.4 Å². The number of rotatable bonds is 7. The van der Waals surface area contributed by atoms with Gasteiger partial charge < -0.3 is 10.2 Å². The highest BCUT2D eigenvalue weighted by atomic mass is 16.2. The summed E-state index contributed by atoms with van der Waals surface area (Å²) < 4.78 is 0. The molecule has 3 aromatic rings. The van der Waals surface area contributed by atoms with Gasteiger partial charge in [-0.25, -0.2) is 9.97 Å². The Labute approximate surface area is 153 Å². The van der Waals surface area contributed by atoms with Crippen molar-refractivity contribution in [3.05, 3.63) is 84.3 Å². The summed E-state index contributed by atoms with van der Waals surface area (Å²) in [5, 5.41) is 3.20. The number of nitrogens with zero attached hydrogens (tertiary/aromatic N) is 3. The van der Waals surface area contributed by atoms with E-state index >= 15 is 0 Å². The summed E-state index contributed by atoms with van der Waals surface area (Å²) >= 11 is 0. The summed E-state index contributed by atoms with van der Waals surface area (Å²) in [5.74, 6) is 0.514. The average molecular weight is 346 g/mol. The first-order chi connectivity index (χ1) is 12.8. The van der Waals surface area contributed by atoms with E-state index in [0.29, 0.717) is 18.1 Å². The van der Waals surface area contributed by atoms with Crippen LogP contribution in [0.2, 0.25) is 0 Å². The molecule has 0 radical (unpaired) electrons. The second-order valence-corrected chi connectivity index (χ2v) is 5.93. The molecule has 1 N–H and O–H groups in total. The van der Waals surface area contributed by atoms with Gasteiger partial charge in [-0.05, 0) is 24.1 Å². The molecule has 1 amide bonds. The van der Waals surface area contributed by atoms with Crippen LogP contribution in [0.25, 0.3) is 0 Å². The molecule has 0 saturated heterocycles. The van der Waals surface area contributed by atoms with Crippen LogP contribution in [0.15, 0.2) is 73.1 Å². The fourth-order valence-corrected chi connectivity index (χ4v) is 2.62. The molecule has 132 valence electrons. The SMILES string of the molecule is CCCNc1cc(C(=O)N(Cc2ccccc2)c2ccccc2)ncn1. The smallest absolute Gasteiger partial charge is 0.277 e. The van der Waals surface area contributed by atoms with Gasteiger partial charge in [-0.2, -0.15) is 0 Å². The van der Waals surface area contributed by atoms with Gasteiger partial charge in [0.15, 0.2) is 0 Å². The summed E-state index contributed by atoms with van der Waals surface area (Å²) in [7, 11) is 0. The molecule has 0 bridgehead atoms. The minimum absolute atomic E-state index is 0.151. The van der Waals surface area contributed by atoms with E-state index in [4.69, 9.17) is 0 Å². The third-order valence-electron chi connectivity index (χ3n) is 3.94. The van der Waals surface area contributed by atoms with Crippen molar-refractivity contribution in [2.45, 2.75) is 19.9 Å². The molecule has 0 saturated carbocycles. The second kappa shape index (κ2) is 8.76. The first-order valence-electron chi connectivity index (χ1n) is 8.74. The monoisotopic (exact) mass is 346 g/mol. The second-order valence-electron chi connectivity index (χ2n) is 5.93. The lowest BCUT2D eigenvalue weighted by atomic mass is 10.2. The molecule has 0 aliphatic carbocycles. The molecule has 0 unspecified atom stereocenters. The van der Waals surface area contributed by atoms with E-state index in [-0.39, 0.29) is 5.91 Å². The third-order valence-corrected chi connectivity index (χ3v) is 3.94. The zero-order valence-corrected chi connectivity index (χ0v) is 14.8. The van der Waals surface area contributed by atoms with Crippen molar-refractivity contribution < 1.29 is 4.79 Å². The van der Waals surface area contributed by atoms with Crippen molar-refractivity contribution in [3.8, 4) is 0 Å². The van der Waals surface area contributed by atoms with E-state index in [9.17, 15) is 4.79 Å². The number of benzene rings is 2. The molecule has 2 aromatic carbocycles. The summed E-state index contributed by atoms with van der Waals surface area (Å²) in [6.45, 7) is 3.36. The lowest BCUT2D eigenvalue weighted by Crippen LogP contribution is -2.31. The summed E-state index contributed by atoms with van der Waals surface area (Å²) in [6.07, 6.45) is 2.41. The Morgan fingerprint density at radius 2 is 1.69 bits per heavy atom. The molecule has 0 aliphatic heterocycles. The highest BCUT2D eigenvalue weighted by Gasteiger charge is 2.20. The van der Waals surface area contributed by atoms with Gasteiger partial charge in [-0.1, -0.05) is 55.5 Å². The zero-order chi connectivity index (χ0) is 18.2. The van der Waals surface area contributed by atoms with E-state index in [2.05, 4.69) is 22.2 Å². The Morgan fingerprint density at radius 3 is 2.38 bits per heavy atom. The molecular weight excluding hydrogens is 324 g/mol. The van der Waals surface area contributed by atoms with Crippen molar-refractivity contribution in [2.75, 3.05) is 16.8 Å². The normalized spacial score (nSPS) is 10.3. The van der Waals surface area contributed by atoms with Crippen LogP contribution in [0.5, 0.6) is 0 Å². The number of aromatic nitrogens is 2. The molecule has 1 heterocycles. The molecular formula is C21H22N4O. The Hall–Kier alpha value is -3.21. The van der Waals surface area contributed by atoms with Gasteiger partial charge in [0.2, 0.25) is 0 Å². The highest BCUT2D eigenvalue weighted by molar-refractivity contribution is 6.05. The molecule has 0 atom stereocenters. The van der Waals surface area contributed by atoms with Gasteiger partial charge in [-0.15, -0.1) is 0 Å². The van der Waals surface area contributed by atoms with E-state index < -0.39 is 0 Å². The van der Waals surface area contributed by atoms with Crippen LogP contribution in [0.3, 0.4) is 0 Å². The van der Waals surface area contributed by atoms with Crippen molar-refractivity contribution in [3.63, 3.8) is 0 Å². The number of nitrogens with one attached hydrogen (secondary N) is 1. The standard InChI is InChI=1S/C21H22N4O/c1-2-13-22-20-14-19(23-16-24-20)21(26)25(18-11-7-4-8-12-18)15-17-9-5-3-6-10-17/h3-12,14,16H,2,13,15H2,1H3,(H,22,23,24). The van der Waals surface area contributed by atoms with Crippen molar-refractivity contribution in [2.24, 2.45) is 0 Å². The van der Waals surface area contributed by atoms with E-state index in [1.807, 2.05) is 60.7 Å². The zero-order valence-electron chi connectivity index (χ0n) is 14.8. The van der Waals surface area contributed by atoms with Gasteiger partial charge in [0.1, 0.15) is 17.8 Å².